The molecule has 3 rings (SSSR count). The van der Waals surface area contributed by atoms with Gasteiger partial charge in [0.2, 0.25) is 0 Å². The first kappa shape index (κ1) is 23.2. The first-order valence-electron chi connectivity index (χ1n) is 9.16. The van der Waals surface area contributed by atoms with Gasteiger partial charge in [-0.15, -0.1) is 10.2 Å². The molecule has 0 aliphatic heterocycles. The average molecular weight is 479 g/mol. The SMILES string of the molecule is CN(C(=O)Nc1cc(OCCc2c(Cl)ccc(F)c2Cl)c(N)nn1)C(=O)c1ccccn1. The highest BCUT2D eigenvalue weighted by atomic mass is 35.5. The summed E-state index contributed by atoms with van der Waals surface area (Å²) < 4.78 is 19.2. The molecule has 0 fully saturated rings. The molecular weight excluding hydrogens is 462 g/mol. The minimum absolute atomic E-state index is 0.00157. The molecule has 0 unspecified atom stereocenters. The molecule has 2 heterocycles. The fourth-order valence-electron chi connectivity index (χ4n) is 2.57. The van der Waals surface area contributed by atoms with Crippen LogP contribution in [-0.4, -0.2) is 45.7 Å². The van der Waals surface area contributed by atoms with Crippen LogP contribution in [0.25, 0.3) is 0 Å². The molecule has 3 N–H and O–H groups in total. The number of hydrogen-bond acceptors (Lipinski definition) is 7. The average Bonchev–Trinajstić information content (AvgIpc) is 2.80. The van der Waals surface area contributed by atoms with E-state index in [1.807, 2.05) is 0 Å². The number of nitrogen functional groups attached to an aromatic ring is 1. The molecule has 2 aromatic heterocycles. The van der Waals surface area contributed by atoms with Crippen LogP contribution in [0.1, 0.15) is 16.1 Å². The summed E-state index contributed by atoms with van der Waals surface area (Å²) in [7, 11) is 1.29. The number of nitrogens with zero attached hydrogens (tertiary/aromatic N) is 4. The lowest BCUT2D eigenvalue weighted by molar-refractivity contribution is 0.0835. The smallest absolute Gasteiger partial charge is 0.329 e. The number of imide groups is 1. The predicted octanol–water partition coefficient (Wildman–Crippen LogP) is 3.83. The Morgan fingerprint density at radius 2 is 2.00 bits per heavy atom. The predicted molar refractivity (Wildman–Crippen MR) is 117 cm³/mol. The van der Waals surface area contributed by atoms with Gasteiger partial charge in [0.1, 0.15) is 11.5 Å². The summed E-state index contributed by atoms with van der Waals surface area (Å²) in [6, 6.07) is 7.92. The van der Waals surface area contributed by atoms with Gasteiger partial charge >= 0.3 is 6.03 Å². The Balaban J connectivity index is 1.65. The number of carbonyl (C=O) groups excluding carboxylic acids is 2. The zero-order chi connectivity index (χ0) is 23.3. The van der Waals surface area contributed by atoms with Crippen molar-refractivity contribution in [2.75, 3.05) is 24.7 Å². The van der Waals surface area contributed by atoms with Crippen LogP contribution in [0.3, 0.4) is 0 Å². The van der Waals surface area contributed by atoms with E-state index in [-0.39, 0.29) is 41.1 Å². The number of rotatable bonds is 6. The Morgan fingerprint density at radius 1 is 1.22 bits per heavy atom. The van der Waals surface area contributed by atoms with E-state index < -0.39 is 17.8 Å². The zero-order valence-corrected chi connectivity index (χ0v) is 18.2. The summed E-state index contributed by atoms with van der Waals surface area (Å²) in [4.78, 5) is 29.5. The summed E-state index contributed by atoms with van der Waals surface area (Å²) in [5.41, 5.74) is 6.26. The Labute approximate surface area is 192 Å². The van der Waals surface area contributed by atoms with Gasteiger partial charge in [-0.1, -0.05) is 29.3 Å². The quantitative estimate of drug-likeness (QED) is 0.515. The maximum Gasteiger partial charge on any atom is 0.329 e. The van der Waals surface area contributed by atoms with Gasteiger partial charge < -0.3 is 10.5 Å². The van der Waals surface area contributed by atoms with Crippen molar-refractivity contribution in [2.24, 2.45) is 0 Å². The topological polar surface area (TPSA) is 123 Å². The Kier molecular flexibility index (Phi) is 7.39. The van der Waals surface area contributed by atoms with Gasteiger partial charge in [-0.25, -0.2) is 9.18 Å². The Hall–Kier alpha value is -3.50. The number of nitrogens with one attached hydrogen (secondary N) is 1. The van der Waals surface area contributed by atoms with Crippen molar-refractivity contribution < 1.29 is 18.7 Å². The Morgan fingerprint density at radius 3 is 2.72 bits per heavy atom. The van der Waals surface area contributed by atoms with Crippen LogP contribution >= 0.6 is 23.2 Å². The first-order valence-corrected chi connectivity index (χ1v) is 9.92. The van der Waals surface area contributed by atoms with E-state index in [0.717, 1.165) is 4.90 Å². The van der Waals surface area contributed by atoms with E-state index in [0.29, 0.717) is 10.6 Å². The van der Waals surface area contributed by atoms with Gasteiger partial charge in [0, 0.05) is 30.8 Å². The normalized spacial score (nSPS) is 10.5. The maximum atomic E-state index is 13.6. The van der Waals surface area contributed by atoms with Gasteiger partial charge in [0.25, 0.3) is 5.91 Å². The van der Waals surface area contributed by atoms with E-state index in [4.69, 9.17) is 33.7 Å². The molecule has 3 aromatic rings. The molecule has 9 nitrogen and oxygen atoms in total. The van der Waals surface area contributed by atoms with Crippen molar-refractivity contribution in [3.05, 3.63) is 69.7 Å². The van der Waals surface area contributed by atoms with Crippen LogP contribution in [0.2, 0.25) is 10.0 Å². The molecular formula is C20H17Cl2FN6O3. The van der Waals surface area contributed by atoms with Crippen LogP contribution in [0.4, 0.5) is 20.8 Å². The van der Waals surface area contributed by atoms with Crippen molar-refractivity contribution in [3.8, 4) is 5.75 Å². The molecule has 0 bridgehead atoms. The minimum Gasteiger partial charge on any atom is -0.489 e. The van der Waals surface area contributed by atoms with Crippen molar-refractivity contribution >= 4 is 46.8 Å². The fourth-order valence-corrected chi connectivity index (χ4v) is 3.13. The number of halogens is 3. The molecule has 166 valence electrons. The molecule has 0 saturated carbocycles. The Bertz CT molecular complexity index is 1150. The third kappa shape index (κ3) is 5.40. The molecule has 0 radical (unpaired) electrons. The number of benzene rings is 1. The van der Waals surface area contributed by atoms with Crippen LogP contribution in [0.15, 0.2) is 42.6 Å². The summed E-state index contributed by atoms with van der Waals surface area (Å²) in [5, 5.41) is 10.1. The highest BCUT2D eigenvalue weighted by Gasteiger charge is 2.20. The summed E-state index contributed by atoms with van der Waals surface area (Å²) in [6.45, 7) is 0.0459. The van der Waals surface area contributed by atoms with E-state index in [2.05, 4.69) is 20.5 Å². The van der Waals surface area contributed by atoms with Gasteiger partial charge in [0.05, 0.1) is 11.6 Å². The molecule has 3 amide bonds. The molecule has 0 saturated heterocycles. The van der Waals surface area contributed by atoms with Crippen LogP contribution in [-0.2, 0) is 6.42 Å². The van der Waals surface area contributed by atoms with Crippen molar-refractivity contribution in [3.63, 3.8) is 0 Å². The van der Waals surface area contributed by atoms with E-state index in [1.54, 1.807) is 12.1 Å². The second-order valence-corrected chi connectivity index (χ2v) is 7.19. The molecule has 1 aromatic carbocycles. The zero-order valence-electron chi connectivity index (χ0n) is 16.7. The lowest BCUT2D eigenvalue weighted by Crippen LogP contribution is -2.37. The molecule has 12 heteroatoms. The highest BCUT2D eigenvalue weighted by Crippen LogP contribution is 2.28. The molecule has 32 heavy (non-hydrogen) atoms. The van der Waals surface area contributed by atoms with Crippen LogP contribution in [0, 0.1) is 5.82 Å². The number of ether oxygens (including phenoxy) is 1. The number of nitrogens with two attached hydrogens (primary N) is 1. The standard InChI is InChI=1S/C20H17Cl2FN6O3/c1-29(19(30)14-4-2-3-8-25-14)20(31)26-16-10-15(18(24)28-27-16)32-9-7-11-12(21)5-6-13(23)17(11)22/h2-6,8,10H,7,9H2,1H3,(H2,24,28)(H,26,27,31). The number of anilines is 2. The number of carbonyl (C=O) groups is 2. The number of amides is 3. The fraction of sp³-hybridized carbons (Fsp3) is 0.150. The van der Waals surface area contributed by atoms with Gasteiger partial charge in [-0.05, 0) is 29.8 Å². The van der Waals surface area contributed by atoms with Crippen LogP contribution in [0.5, 0.6) is 5.75 Å². The van der Waals surface area contributed by atoms with Crippen molar-refractivity contribution in [1.29, 1.82) is 0 Å². The second kappa shape index (κ2) is 10.2. The summed E-state index contributed by atoms with van der Waals surface area (Å²) in [6.07, 6.45) is 1.64. The molecule has 0 atom stereocenters. The monoisotopic (exact) mass is 478 g/mol. The minimum atomic E-state index is -0.760. The second-order valence-electron chi connectivity index (χ2n) is 6.41. The van der Waals surface area contributed by atoms with Crippen LogP contribution < -0.4 is 15.8 Å². The van der Waals surface area contributed by atoms with Crippen molar-refractivity contribution in [2.45, 2.75) is 6.42 Å². The number of urea groups is 1. The number of hydrogen-bond donors (Lipinski definition) is 2. The lowest BCUT2D eigenvalue weighted by Gasteiger charge is -2.16. The summed E-state index contributed by atoms with van der Waals surface area (Å²) in [5.74, 6) is -1.10. The van der Waals surface area contributed by atoms with E-state index in [9.17, 15) is 14.0 Å². The number of aromatic nitrogens is 3. The third-order valence-corrected chi connectivity index (χ3v) is 5.03. The van der Waals surface area contributed by atoms with E-state index >= 15 is 0 Å². The molecule has 0 aliphatic carbocycles. The largest absolute Gasteiger partial charge is 0.489 e. The number of pyridine rings is 1. The highest BCUT2D eigenvalue weighted by molar-refractivity contribution is 6.36. The summed E-state index contributed by atoms with van der Waals surface area (Å²) >= 11 is 12.0. The van der Waals surface area contributed by atoms with E-state index in [1.165, 1.54) is 37.5 Å². The maximum absolute atomic E-state index is 13.6. The third-order valence-electron chi connectivity index (χ3n) is 4.26. The van der Waals surface area contributed by atoms with Crippen molar-refractivity contribution in [1.82, 2.24) is 20.1 Å². The van der Waals surface area contributed by atoms with Gasteiger partial charge in [-0.2, -0.15) is 0 Å². The molecule has 0 aliphatic rings. The van der Waals surface area contributed by atoms with Gasteiger partial charge in [-0.3, -0.25) is 20.0 Å². The first-order chi connectivity index (χ1) is 15.3. The lowest BCUT2D eigenvalue weighted by atomic mass is 10.1. The van der Waals surface area contributed by atoms with Gasteiger partial charge in [0.15, 0.2) is 17.4 Å². The molecule has 0 spiro atoms.